The second-order valence-electron chi connectivity index (χ2n) is 3.39. The zero-order valence-corrected chi connectivity index (χ0v) is 9.06. The zero-order chi connectivity index (χ0) is 12.3. The molecule has 0 saturated carbocycles. The van der Waals surface area contributed by atoms with Crippen molar-refractivity contribution in [3.8, 4) is 6.07 Å². The molecule has 1 amide bonds. The van der Waals surface area contributed by atoms with E-state index >= 15 is 0 Å². The highest BCUT2D eigenvalue weighted by Crippen LogP contribution is 2.09. The Hall–Kier alpha value is -2.68. The number of hydrogen-bond acceptors (Lipinski definition) is 4. The summed E-state index contributed by atoms with van der Waals surface area (Å²) in [5, 5.41) is 17.6. The first-order valence-electron chi connectivity index (χ1n) is 4.89. The van der Waals surface area contributed by atoms with Gasteiger partial charge in [-0.15, -0.1) is 5.10 Å². The molecule has 6 heteroatoms. The molecule has 0 aliphatic heterocycles. The Morgan fingerprint density at radius 1 is 1.41 bits per heavy atom. The lowest BCUT2D eigenvalue weighted by molar-refractivity contribution is 0.101. The van der Waals surface area contributed by atoms with Crippen molar-refractivity contribution in [1.29, 1.82) is 5.26 Å². The number of amides is 1. The molecule has 0 aliphatic rings. The minimum absolute atomic E-state index is 0.0897. The van der Waals surface area contributed by atoms with Gasteiger partial charge >= 0.3 is 0 Å². The third-order valence-corrected chi connectivity index (χ3v) is 2.07. The van der Waals surface area contributed by atoms with Gasteiger partial charge in [-0.25, -0.2) is 4.98 Å². The van der Waals surface area contributed by atoms with Crippen LogP contribution in [0.2, 0.25) is 0 Å². The number of H-pyrrole nitrogens is 1. The maximum atomic E-state index is 11.7. The number of nitrogens with zero attached hydrogens (tertiary/aromatic N) is 3. The molecule has 0 aliphatic carbocycles. The number of aryl methyl sites for hydroxylation is 1. The van der Waals surface area contributed by atoms with Gasteiger partial charge in [-0.2, -0.15) is 5.26 Å². The van der Waals surface area contributed by atoms with Gasteiger partial charge in [0.1, 0.15) is 5.82 Å². The Kier molecular flexibility index (Phi) is 2.83. The average molecular weight is 227 g/mol. The molecule has 2 N–H and O–H groups in total. The van der Waals surface area contributed by atoms with Crippen molar-refractivity contribution in [2.24, 2.45) is 0 Å². The highest BCUT2D eigenvalue weighted by Gasteiger charge is 2.10. The molecule has 0 unspecified atom stereocenters. The number of hydrogen-bond donors (Lipinski definition) is 2. The normalized spacial score (nSPS) is 9.65. The Bertz CT molecular complexity index is 579. The molecule has 0 fully saturated rings. The van der Waals surface area contributed by atoms with Gasteiger partial charge in [0.25, 0.3) is 5.91 Å². The number of anilines is 1. The summed E-state index contributed by atoms with van der Waals surface area (Å²) in [5.74, 6) is 0.279. The van der Waals surface area contributed by atoms with Crippen molar-refractivity contribution in [2.45, 2.75) is 6.92 Å². The molecule has 0 bridgehead atoms. The topological polar surface area (TPSA) is 94.5 Å². The minimum Gasteiger partial charge on any atom is -0.319 e. The summed E-state index contributed by atoms with van der Waals surface area (Å²) in [6.45, 7) is 1.71. The van der Waals surface area contributed by atoms with Crippen molar-refractivity contribution < 1.29 is 4.79 Å². The molecule has 0 spiro atoms. The van der Waals surface area contributed by atoms with Crippen molar-refractivity contribution in [3.05, 3.63) is 41.5 Å². The summed E-state index contributed by atoms with van der Waals surface area (Å²) < 4.78 is 0. The fraction of sp³-hybridized carbons (Fsp3) is 0.0909. The van der Waals surface area contributed by atoms with Crippen LogP contribution in [0.15, 0.2) is 24.3 Å². The first kappa shape index (κ1) is 10.8. The lowest BCUT2D eigenvalue weighted by atomic mass is 10.2. The number of aromatic amines is 1. The number of benzene rings is 1. The Labute approximate surface area is 97.3 Å². The van der Waals surface area contributed by atoms with E-state index in [1.807, 2.05) is 6.07 Å². The van der Waals surface area contributed by atoms with Crippen LogP contribution in [0, 0.1) is 18.3 Å². The summed E-state index contributed by atoms with van der Waals surface area (Å²) in [6, 6.07) is 8.55. The molecule has 0 radical (unpaired) electrons. The molecule has 1 heterocycles. The monoisotopic (exact) mass is 227 g/mol. The van der Waals surface area contributed by atoms with Gasteiger partial charge in [-0.1, -0.05) is 0 Å². The van der Waals surface area contributed by atoms with E-state index in [4.69, 9.17) is 5.26 Å². The van der Waals surface area contributed by atoms with E-state index < -0.39 is 0 Å². The minimum atomic E-state index is -0.390. The number of nitriles is 1. The summed E-state index contributed by atoms with van der Waals surface area (Å²) in [6.07, 6.45) is 0. The molecule has 2 rings (SSSR count). The smallest absolute Gasteiger partial charge is 0.295 e. The van der Waals surface area contributed by atoms with Crippen LogP contribution in [0.3, 0.4) is 0 Å². The first-order chi connectivity index (χ1) is 8.19. The predicted octanol–water partition coefficient (Wildman–Crippen LogP) is 1.24. The molecule has 17 heavy (non-hydrogen) atoms. The van der Waals surface area contributed by atoms with Crippen LogP contribution >= 0.6 is 0 Å². The number of rotatable bonds is 2. The lowest BCUT2D eigenvalue weighted by Crippen LogP contribution is -2.13. The molecule has 1 aromatic heterocycles. The van der Waals surface area contributed by atoms with Crippen molar-refractivity contribution >= 4 is 11.6 Å². The van der Waals surface area contributed by atoms with Crippen LogP contribution in [0.25, 0.3) is 0 Å². The predicted molar refractivity (Wildman–Crippen MR) is 60.2 cm³/mol. The van der Waals surface area contributed by atoms with Crippen LogP contribution in [0.4, 0.5) is 5.69 Å². The maximum Gasteiger partial charge on any atom is 0.295 e. The summed E-state index contributed by atoms with van der Waals surface area (Å²) in [7, 11) is 0. The molecule has 84 valence electrons. The Balaban J connectivity index is 2.11. The van der Waals surface area contributed by atoms with E-state index in [1.54, 1.807) is 31.2 Å². The Morgan fingerprint density at radius 3 is 2.65 bits per heavy atom. The van der Waals surface area contributed by atoms with Gasteiger partial charge in [-0.05, 0) is 31.2 Å². The van der Waals surface area contributed by atoms with E-state index in [9.17, 15) is 4.79 Å². The third-order valence-electron chi connectivity index (χ3n) is 2.07. The first-order valence-corrected chi connectivity index (χ1v) is 4.89. The van der Waals surface area contributed by atoms with Gasteiger partial charge in [0.15, 0.2) is 0 Å². The van der Waals surface area contributed by atoms with E-state index in [0.717, 1.165) is 0 Å². The third kappa shape index (κ3) is 2.46. The molecule has 0 atom stereocenters. The average Bonchev–Trinajstić information content (AvgIpc) is 2.77. The Morgan fingerprint density at radius 2 is 2.12 bits per heavy atom. The van der Waals surface area contributed by atoms with Crippen LogP contribution in [0.5, 0.6) is 0 Å². The molecular weight excluding hydrogens is 218 g/mol. The van der Waals surface area contributed by atoms with E-state index in [1.165, 1.54) is 0 Å². The fourth-order valence-corrected chi connectivity index (χ4v) is 1.26. The van der Waals surface area contributed by atoms with E-state index in [-0.39, 0.29) is 11.7 Å². The molecule has 1 aromatic carbocycles. The zero-order valence-electron chi connectivity index (χ0n) is 9.06. The van der Waals surface area contributed by atoms with Crippen LogP contribution in [0.1, 0.15) is 22.0 Å². The summed E-state index contributed by atoms with van der Waals surface area (Å²) in [4.78, 5) is 15.6. The quantitative estimate of drug-likeness (QED) is 0.806. The van der Waals surface area contributed by atoms with Gasteiger partial charge in [0.05, 0.1) is 11.6 Å². The lowest BCUT2D eigenvalue weighted by Gasteiger charge is -2.01. The van der Waals surface area contributed by atoms with Gasteiger partial charge < -0.3 is 5.32 Å². The second-order valence-corrected chi connectivity index (χ2v) is 3.39. The van der Waals surface area contributed by atoms with E-state index in [2.05, 4.69) is 20.5 Å². The van der Waals surface area contributed by atoms with Gasteiger partial charge in [0, 0.05) is 5.69 Å². The van der Waals surface area contributed by atoms with Crippen LogP contribution < -0.4 is 5.32 Å². The van der Waals surface area contributed by atoms with Crippen molar-refractivity contribution in [3.63, 3.8) is 0 Å². The molecule has 6 nitrogen and oxygen atoms in total. The second kappa shape index (κ2) is 4.45. The summed E-state index contributed by atoms with van der Waals surface area (Å²) in [5.41, 5.74) is 1.13. The van der Waals surface area contributed by atoms with Crippen molar-refractivity contribution in [1.82, 2.24) is 15.2 Å². The number of carbonyl (C=O) groups is 1. The highest BCUT2D eigenvalue weighted by molar-refractivity contribution is 6.01. The molecule has 0 saturated heterocycles. The summed E-state index contributed by atoms with van der Waals surface area (Å²) >= 11 is 0. The van der Waals surface area contributed by atoms with E-state index in [0.29, 0.717) is 17.1 Å². The molecular formula is C11H9N5O. The number of nitrogens with one attached hydrogen (secondary N) is 2. The van der Waals surface area contributed by atoms with Crippen LogP contribution in [-0.4, -0.2) is 21.1 Å². The molecule has 2 aromatic rings. The number of aromatic nitrogens is 3. The van der Waals surface area contributed by atoms with Crippen molar-refractivity contribution in [2.75, 3.05) is 5.32 Å². The van der Waals surface area contributed by atoms with Crippen LogP contribution in [-0.2, 0) is 0 Å². The number of carbonyl (C=O) groups excluding carboxylic acids is 1. The highest BCUT2D eigenvalue weighted by atomic mass is 16.2. The maximum absolute atomic E-state index is 11.7. The SMILES string of the molecule is Cc1nc(C(=O)Nc2ccc(C#N)cc2)n[nH]1. The largest absolute Gasteiger partial charge is 0.319 e. The standard InChI is InChI=1S/C11H9N5O/c1-7-13-10(16-15-7)11(17)14-9-4-2-8(6-12)3-5-9/h2-5H,1H3,(H,14,17)(H,13,15,16). The van der Waals surface area contributed by atoms with Gasteiger partial charge in [-0.3, -0.25) is 9.89 Å². The fourth-order valence-electron chi connectivity index (χ4n) is 1.26. The van der Waals surface area contributed by atoms with Gasteiger partial charge in [0.2, 0.25) is 5.82 Å².